The molecule has 0 aromatic heterocycles. The van der Waals surface area contributed by atoms with Crippen molar-refractivity contribution < 1.29 is 7.85 Å². The number of hydrogen-bond donors (Lipinski definition) is 0. The molecule has 0 bridgehead atoms. The van der Waals surface area contributed by atoms with Crippen molar-refractivity contribution in [3.05, 3.63) is 35.9 Å². The average molecular weight is 151 g/mol. The molecule has 1 heteroatoms. The normalized spacial score (nSPS) is 32.5. The molecule has 2 atom stereocenters. The molecule has 1 aliphatic rings. The lowest BCUT2D eigenvalue weighted by Gasteiger charge is -1.95. The van der Waals surface area contributed by atoms with Crippen LogP contribution in [-0.2, 0) is 0 Å². The van der Waals surface area contributed by atoms with Gasteiger partial charge in [-0.2, -0.15) is 0 Å². The van der Waals surface area contributed by atoms with Gasteiger partial charge in [0.15, 0.2) is 0 Å². The molecule has 1 fully saturated rings. The monoisotopic (exact) mass is 151 g/mol. The quantitative estimate of drug-likeness (QED) is 0.572. The van der Waals surface area contributed by atoms with Gasteiger partial charge in [-0.1, -0.05) is 30.3 Å². The van der Waals surface area contributed by atoms with Crippen LogP contribution in [0.2, 0.25) is 0 Å². The highest BCUT2D eigenvalue weighted by Crippen LogP contribution is 2.46. The molecule has 2 unspecified atom stereocenters. The first-order valence-corrected chi connectivity index (χ1v) is 3.89. The van der Waals surface area contributed by atoms with Crippen molar-refractivity contribution in [1.29, 1.82) is 0 Å². The first kappa shape index (κ1) is 4.94. The van der Waals surface area contributed by atoms with Gasteiger partial charge in [-0.05, 0) is 17.9 Å². The highest BCUT2D eigenvalue weighted by atomic mass is 16.3. The van der Waals surface area contributed by atoms with Crippen molar-refractivity contribution in [2.24, 2.45) is 5.92 Å². The fourth-order valence-corrected chi connectivity index (χ4v) is 1.42. The van der Waals surface area contributed by atoms with Crippen LogP contribution in [0, 0.1) is 5.92 Å². The molecule has 1 saturated carbocycles. The predicted octanol–water partition coefficient (Wildman–Crippen LogP) is 1.51. The van der Waals surface area contributed by atoms with Gasteiger partial charge >= 0.3 is 0 Å². The minimum atomic E-state index is -1.76. The second-order valence-corrected chi connectivity index (χ2v) is 3.00. The van der Waals surface area contributed by atoms with Gasteiger partial charge < -0.3 is 5.11 Å². The summed E-state index contributed by atoms with van der Waals surface area (Å²) in [5.41, 5.74) is 1.17. The van der Waals surface area contributed by atoms with Crippen LogP contribution in [0.5, 0.6) is 0 Å². The number of hydrogen-bond acceptors (Lipinski definition) is 0. The van der Waals surface area contributed by atoms with E-state index in [9.17, 15) is 0 Å². The first-order chi connectivity index (χ1) is 6.09. The van der Waals surface area contributed by atoms with Crippen molar-refractivity contribution in [1.82, 2.24) is 0 Å². The maximum atomic E-state index is 7.26. The van der Waals surface area contributed by atoms with Gasteiger partial charge in [0.05, 0.1) is 0 Å². The van der Waals surface area contributed by atoms with E-state index in [1.807, 2.05) is 30.3 Å². The molecule has 0 spiro atoms. The van der Waals surface area contributed by atoms with Crippen LogP contribution in [0.4, 0.5) is 0 Å². The highest BCUT2D eigenvalue weighted by molar-refractivity contribution is 5.25. The van der Waals surface area contributed by atoms with Crippen LogP contribution < -0.4 is 0 Å². The summed E-state index contributed by atoms with van der Waals surface area (Å²) in [6.45, 7) is -1.76. The lowest BCUT2D eigenvalue weighted by Crippen LogP contribution is -1.87. The van der Waals surface area contributed by atoms with Gasteiger partial charge in [-0.3, -0.25) is 0 Å². The SMILES string of the molecule is [2H]C([2H])([OH2+])C1CC1c1ccccc1. The Labute approximate surface area is 69.5 Å². The van der Waals surface area contributed by atoms with Crippen LogP contribution >= 0.6 is 0 Å². The van der Waals surface area contributed by atoms with E-state index in [0.717, 1.165) is 6.42 Å². The number of benzene rings is 1. The average Bonchev–Trinajstić information content (AvgIpc) is 2.83. The summed E-state index contributed by atoms with van der Waals surface area (Å²) in [4.78, 5) is 0. The van der Waals surface area contributed by atoms with E-state index in [2.05, 4.69) is 0 Å². The van der Waals surface area contributed by atoms with E-state index in [0.29, 0.717) is 0 Å². The summed E-state index contributed by atoms with van der Waals surface area (Å²) in [5.74, 6) is 0.170. The molecule has 2 N–H and O–H groups in total. The largest absolute Gasteiger partial charge is 0.445 e. The van der Waals surface area contributed by atoms with Crippen LogP contribution in [0.3, 0.4) is 0 Å². The Morgan fingerprint density at radius 3 is 2.73 bits per heavy atom. The summed E-state index contributed by atoms with van der Waals surface area (Å²) >= 11 is 0. The minimum absolute atomic E-state index is 0.102. The molecule has 0 aliphatic heterocycles. The Kier molecular flexibility index (Phi) is 1.20. The zero-order valence-corrected chi connectivity index (χ0v) is 6.25. The molecule has 58 valence electrons. The van der Waals surface area contributed by atoms with E-state index in [1.54, 1.807) is 0 Å². The summed E-state index contributed by atoms with van der Waals surface area (Å²) < 4.78 is 14.5. The van der Waals surface area contributed by atoms with Crippen LogP contribution in [0.15, 0.2) is 30.3 Å². The first-order valence-electron chi connectivity index (χ1n) is 4.89. The van der Waals surface area contributed by atoms with Gasteiger partial charge in [-0.15, -0.1) is 0 Å². The summed E-state index contributed by atoms with van der Waals surface area (Å²) in [6.07, 6.45) is 0.820. The van der Waals surface area contributed by atoms with Crippen LogP contribution in [0.1, 0.15) is 20.6 Å². The van der Waals surface area contributed by atoms with Gasteiger partial charge in [0, 0.05) is 5.92 Å². The lowest BCUT2D eigenvalue weighted by molar-refractivity contribution is 0.274. The topological polar surface area (TPSA) is 22.9 Å². The van der Waals surface area contributed by atoms with Crippen molar-refractivity contribution >= 4 is 0 Å². The highest BCUT2D eigenvalue weighted by Gasteiger charge is 2.39. The van der Waals surface area contributed by atoms with E-state index in [-0.39, 0.29) is 11.8 Å². The molecule has 0 radical (unpaired) electrons. The van der Waals surface area contributed by atoms with Crippen LogP contribution in [-0.4, -0.2) is 11.7 Å². The summed E-state index contributed by atoms with van der Waals surface area (Å²) in [5, 5.41) is 7.26. The molecule has 1 aromatic carbocycles. The Balaban J connectivity index is 2.09. The molecular weight excluding hydrogens is 136 g/mol. The Morgan fingerprint density at radius 1 is 1.45 bits per heavy atom. The maximum absolute atomic E-state index is 7.26. The van der Waals surface area contributed by atoms with Crippen molar-refractivity contribution in [2.45, 2.75) is 12.3 Å². The molecule has 2 rings (SSSR count). The molecule has 0 saturated heterocycles. The van der Waals surface area contributed by atoms with Crippen molar-refractivity contribution in [3.8, 4) is 0 Å². The predicted molar refractivity (Wildman–Crippen MR) is 45.8 cm³/mol. The second kappa shape index (κ2) is 2.67. The lowest BCUT2D eigenvalue weighted by atomic mass is 10.1. The third-order valence-electron chi connectivity index (χ3n) is 2.20. The Morgan fingerprint density at radius 2 is 2.18 bits per heavy atom. The molecule has 11 heavy (non-hydrogen) atoms. The minimum Gasteiger partial charge on any atom is -0.445 e. The van der Waals surface area contributed by atoms with Gasteiger partial charge in [-0.25, -0.2) is 0 Å². The molecular formula is C10H13O+. The molecule has 0 amide bonds. The Bertz CT molecular complexity index is 292. The maximum Gasteiger partial charge on any atom is 0.147 e. The third-order valence-corrected chi connectivity index (χ3v) is 2.20. The Hall–Kier alpha value is -0.820. The fraction of sp³-hybridized carbons (Fsp3) is 0.400. The van der Waals surface area contributed by atoms with Gasteiger partial charge in [0.25, 0.3) is 0 Å². The summed E-state index contributed by atoms with van der Waals surface area (Å²) in [7, 11) is 0. The van der Waals surface area contributed by atoms with Crippen LogP contribution in [0.25, 0.3) is 0 Å². The third kappa shape index (κ3) is 1.29. The van der Waals surface area contributed by atoms with E-state index in [1.165, 1.54) is 5.56 Å². The fourth-order valence-electron chi connectivity index (χ4n) is 1.42. The van der Waals surface area contributed by atoms with E-state index < -0.39 is 6.56 Å². The second-order valence-electron chi connectivity index (χ2n) is 3.00. The molecule has 1 aliphatic carbocycles. The van der Waals surface area contributed by atoms with Gasteiger partial charge in [0.1, 0.15) is 9.30 Å². The molecule has 1 nitrogen and oxygen atoms in total. The van der Waals surface area contributed by atoms with Crippen molar-refractivity contribution in [3.63, 3.8) is 0 Å². The van der Waals surface area contributed by atoms with Crippen molar-refractivity contribution in [2.75, 3.05) is 6.56 Å². The number of rotatable bonds is 2. The molecule has 0 heterocycles. The van der Waals surface area contributed by atoms with E-state index >= 15 is 0 Å². The zero-order chi connectivity index (χ0) is 9.47. The standard InChI is InChI=1S/C10H12O/c11-7-9-6-10(9)8-4-2-1-3-5-8/h1-5,9-11H,6-7H2/p+1/i7D2. The zero-order valence-electron chi connectivity index (χ0n) is 8.25. The smallest absolute Gasteiger partial charge is 0.147 e. The summed E-state index contributed by atoms with van der Waals surface area (Å²) in [6, 6.07) is 9.90. The van der Waals surface area contributed by atoms with E-state index in [4.69, 9.17) is 7.85 Å². The van der Waals surface area contributed by atoms with Gasteiger partial charge in [0.2, 0.25) is 0 Å². The molecule has 1 aromatic rings.